The van der Waals surface area contributed by atoms with E-state index in [2.05, 4.69) is 5.32 Å². The Morgan fingerprint density at radius 1 is 1.56 bits per heavy atom. The van der Waals surface area contributed by atoms with Gasteiger partial charge in [0.1, 0.15) is 11.4 Å². The maximum absolute atomic E-state index is 13.6. The molecular weight excluding hydrogens is 250 g/mol. The van der Waals surface area contributed by atoms with Gasteiger partial charge in [0, 0.05) is 12.1 Å². The first-order valence-corrected chi connectivity index (χ1v) is 4.92. The van der Waals surface area contributed by atoms with Gasteiger partial charge in [0.25, 0.3) is 5.91 Å². The van der Waals surface area contributed by atoms with Crippen LogP contribution in [0.1, 0.15) is 17.3 Å². The second-order valence-corrected chi connectivity index (χ2v) is 3.57. The minimum Gasteiger partial charge on any atom is -0.394 e. The van der Waals surface area contributed by atoms with Gasteiger partial charge in [-0.1, -0.05) is 0 Å². The van der Waals surface area contributed by atoms with Crippen LogP contribution in [0.3, 0.4) is 0 Å². The zero-order valence-corrected chi connectivity index (χ0v) is 9.31. The molecule has 1 aromatic carbocycles. The van der Waals surface area contributed by atoms with Crippen molar-refractivity contribution in [1.29, 1.82) is 0 Å². The van der Waals surface area contributed by atoms with E-state index >= 15 is 0 Å². The van der Waals surface area contributed by atoms with Crippen LogP contribution in [0, 0.1) is 21.7 Å². The third kappa shape index (κ3) is 2.77. The molecule has 8 heteroatoms. The molecule has 0 aliphatic heterocycles. The van der Waals surface area contributed by atoms with E-state index in [1.165, 1.54) is 6.92 Å². The van der Waals surface area contributed by atoms with Gasteiger partial charge in [-0.05, 0) is 13.0 Å². The van der Waals surface area contributed by atoms with Gasteiger partial charge in [0.2, 0.25) is 5.82 Å². The summed E-state index contributed by atoms with van der Waals surface area (Å²) in [6.07, 6.45) is 0. The third-order valence-electron chi connectivity index (χ3n) is 2.15. The first-order valence-electron chi connectivity index (χ1n) is 4.92. The number of aliphatic hydroxyl groups is 1. The van der Waals surface area contributed by atoms with Crippen molar-refractivity contribution in [3.63, 3.8) is 0 Å². The van der Waals surface area contributed by atoms with Crippen molar-refractivity contribution in [2.45, 2.75) is 13.0 Å². The van der Waals surface area contributed by atoms with Crippen LogP contribution < -0.4 is 5.32 Å². The van der Waals surface area contributed by atoms with Crippen molar-refractivity contribution in [2.75, 3.05) is 6.61 Å². The highest BCUT2D eigenvalue weighted by atomic mass is 19.1. The van der Waals surface area contributed by atoms with Crippen LogP contribution in [-0.2, 0) is 0 Å². The average Bonchev–Trinajstić information content (AvgIpc) is 2.28. The van der Waals surface area contributed by atoms with Crippen LogP contribution in [0.15, 0.2) is 12.1 Å². The fraction of sp³-hybridized carbons (Fsp3) is 0.300. The zero-order valence-electron chi connectivity index (χ0n) is 9.31. The van der Waals surface area contributed by atoms with E-state index in [0.29, 0.717) is 12.1 Å². The van der Waals surface area contributed by atoms with E-state index in [4.69, 9.17) is 5.11 Å². The Morgan fingerprint density at radius 2 is 2.17 bits per heavy atom. The number of aliphatic hydroxyl groups excluding tert-OH is 1. The number of rotatable bonds is 4. The molecule has 0 heterocycles. The van der Waals surface area contributed by atoms with Gasteiger partial charge < -0.3 is 10.4 Å². The number of carbonyl (C=O) groups excluding carboxylic acids is 1. The van der Waals surface area contributed by atoms with Gasteiger partial charge >= 0.3 is 5.69 Å². The van der Waals surface area contributed by atoms with E-state index in [1.54, 1.807) is 0 Å². The Bertz CT molecular complexity index is 493. The van der Waals surface area contributed by atoms with E-state index in [9.17, 15) is 23.7 Å². The number of nitrogens with zero attached hydrogens (tertiary/aromatic N) is 1. The van der Waals surface area contributed by atoms with Crippen molar-refractivity contribution in [2.24, 2.45) is 0 Å². The summed E-state index contributed by atoms with van der Waals surface area (Å²) in [4.78, 5) is 20.9. The molecule has 1 rings (SSSR count). The average molecular weight is 260 g/mol. The summed E-state index contributed by atoms with van der Waals surface area (Å²) in [7, 11) is 0. The second kappa shape index (κ2) is 5.50. The molecule has 0 aromatic heterocycles. The number of hydrogen-bond donors (Lipinski definition) is 2. The maximum Gasteiger partial charge on any atom is 0.305 e. The number of nitro groups is 1. The van der Waals surface area contributed by atoms with Crippen molar-refractivity contribution >= 4 is 11.6 Å². The maximum atomic E-state index is 13.6. The number of nitro benzene ring substituents is 1. The third-order valence-corrected chi connectivity index (χ3v) is 2.15. The van der Waals surface area contributed by atoms with Crippen molar-refractivity contribution in [3.05, 3.63) is 39.4 Å². The van der Waals surface area contributed by atoms with Crippen LogP contribution in [0.4, 0.5) is 14.5 Å². The molecule has 0 aliphatic rings. The lowest BCUT2D eigenvalue weighted by atomic mass is 10.1. The number of nitrogens with one attached hydrogen (secondary N) is 1. The lowest BCUT2D eigenvalue weighted by molar-refractivity contribution is -0.387. The Morgan fingerprint density at radius 3 is 2.67 bits per heavy atom. The van der Waals surface area contributed by atoms with Crippen LogP contribution in [0.5, 0.6) is 0 Å². The molecule has 1 atom stereocenters. The van der Waals surface area contributed by atoms with E-state index in [1.807, 2.05) is 0 Å². The molecule has 0 fully saturated rings. The van der Waals surface area contributed by atoms with E-state index in [0.717, 1.165) is 0 Å². The summed E-state index contributed by atoms with van der Waals surface area (Å²) in [5.74, 6) is -3.90. The highest BCUT2D eigenvalue weighted by Crippen LogP contribution is 2.22. The van der Waals surface area contributed by atoms with E-state index < -0.39 is 46.4 Å². The second-order valence-electron chi connectivity index (χ2n) is 3.57. The Labute approximate surface area is 100 Å². The minimum absolute atomic E-state index is 0.427. The molecule has 0 bridgehead atoms. The summed E-state index contributed by atoms with van der Waals surface area (Å²) in [5, 5.41) is 21.3. The molecule has 1 aromatic rings. The summed E-state index contributed by atoms with van der Waals surface area (Å²) in [6, 6.07) is 0.548. The molecule has 1 amide bonds. The molecule has 0 spiro atoms. The number of halogens is 2. The van der Waals surface area contributed by atoms with Crippen LogP contribution in [0.25, 0.3) is 0 Å². The standard InChI is InChI=1S/C10H10F2N2O4/c1-5(4-15)13-10(16)8-6(11)2-3-7(9(8)12)14(17)18/h2-3,5,15H,4H2,1H3,(H,13,16). The summed E-state index contributed by atoms with van der Waals surface area (Å²) in [5.41, 5.74) is -2.03. The summed E-state index contributed by atoms with van der Waals surface area (Å²) >= 11 is 0. The molecule has 2 N–H and O–H groups in total. The van der Waals surface area contributed by atoms with Crippen molar-refractivity contribution in [3.8, 4) is 0 Å². The first-order chi connectivity index (χ1) is 8.38. The van der Waals surface area contributed by atoms with Gasteiger partial charge in [-0.3, -0.25) is 14.9 Å². The lowest BCUT2D eigenvalue weighted by Gasteiger charge is -2.11. The number of amides is 1. The smallest absolute Gasteiger partial charge is 0.305 e. The van der Waals surface area contributed by atoms with E-state index in [-0.39, 0.29) is 0 Å². The largest absolute Gasteiger partial charge is 0.394 e. The van der Waals surface area contributed by atoms with Gasteiger partial charge in [0.05, 0.1) is 11.5 Å². The van der Waals surface area contributed by atoms with Gasteiger partial charge in [-0.15, -0.1) is 0 Å². The normalized spacial score (nSPS) is 12.0. The van der Waals surface area contributed by atoms with Crippen molar-refractivity contribution < 1.29 is 23.6 Å². The number of carbonyl (C=O) groups is 1. The molecule has 1 unspecified atom stereocenters. The zero-order chi connectivity index (χ0) is 13.9. The first kappa shape index (κ1) is 14.0. The monoisotopic (exact) mass is 260 g/mol. The molecule has 18 heavy (non-hydrogen) atoms. The number of benzene rings is 1. The number of hydrogen-bond acceptors (Lipinski definition) is 4. The molecule has 0 saturated heterocycles. The highest BCUT2D eigenvalue weighted by molar-refractivity contribution is 5.95. The topological polar surface area (TPSA) is 92.5 Å². The quantitative estimate of drug-likeness (QED) is 0.623. The SMILES string of the molecule is CC(CO)NC(=O)c1c(F)ccc([N+](=O)[O-])c1F. The molecule has 6 nitrogen and oxygen atoms in total. The molecule has 98 valence electrons. The summed E-state index contributed by atoms with van der Waals surface area (Å²) in [6.45, 7) is 0.981. The van der Waals surface area contributed by atoms with Gasteiger partial charge in [-0.2, -0.15) is 4.39 Å². The molecule has 0 radical (unpaired) electrons. The van der Waals surface area contributed by atoms with Crippen LogP contribution in [-0.4, -0.2) is 28.6 Å². The van der Waals surface area contributed by atoms with Crippen LogP contribution in [0.2, 0.25) is 0 Å². The predicted octanol–water partition coefficient (Wildman–Crippen LogP) is 0.984. The minimum atomic E-state index is -1.54. The van der Waals surface area contributed by atoms with Gasteiger partial charge in [-0.25, -0.2) is 4.39 Å². The molecule has 0 aliphatic carbocycles. The Balaban J connectivity index is 3.19. The van der Waals surface area contributed by atoms with Crippen LogP contribution >= 0.6 is 0 Å². The van der Waals surface area contributed by atoms with Crippen molar-refractivity contribution in [1.82, 2.24) is 5.32 Å². The summed E-state index contributed by atoms with van der Waals surface area (Å²) < 4.78 is 26.9. The molecule has 0 saturated carbocycles. The lowest BCUT2D eigenvalue weighted by Crippen LogP contribution is -2.36. The molecular formula is C10H10F2N2O4. The Hall–Kier alpha value is -2.09. The fourth-order valence-electron chi connectivity index (χ4n) is 1.23. The fourth-order valence-corrected chi connectivity index (χ4v) is 1.23. The van der Waals surface area contributed by atoms with Gasteiger partial charge in [0.15, 0.2) is 0 Å². The highest BCUT2D eigenvalue weighted by Gasteiger charge is 2.26. The Kier molecular flexibility index (Phi) is 4.27. The predicted molar refractivity (Wildman–Crippen MR) is 57.0 cm³/mol.